The van der Waals surface area contributed by atoms with Gasteiger partial charge in [-0.3, -0.25) is 4.98 Å². The number of aliphatic hydroxyl groups is 1. The number of imidazole rings is 1. The lowest BCUT2D eigenvalue weighted by atomic mass is 10.1. The fourth-order valence-corrected chi connectivity index (χ4v) is 2.01. The van der Waals surface area contributed by atoms with Gasteiger partial charge in [0, 0.05) is 37.8 Å². The van der Waals surface area contributed by atoms with Gasteiger partial charge in [-0.1, -0.05) is 6.07 Å². The lowest BCUT2D eigenvalue weighted by molar-refractivity contribution is 0.161. The highest BCUT2D eigenvalue weighted by Crippen LogP contribution is 2.08. The van der Waals surface area contributed by atoms with Gasteiger partial charge in [0.25, 0.3) is 0 Å². The first kappa shape index (κ1) is 12.8. The van der Waals surface area contributed by atoms with Crippen LogP contribution in [0.1, 0.15) is 24.7 Å². The van der Waals surface area contributed by atoms with E-state index in [0.29, 0.717) is 6.42 Å². The Bertz CT molecular complexity index is 467. The number of aliphatic hydroxyl groups excluding tert-OH is 1. The van der Waals surface area contributed by atoms with E-state index < -0.39 is 0 Å². The molecule has 0 aliphatic heterocycles. The van der Waals surface area contributed by atoms with Gasteiger partial charge in [0.15, 0.2) is 0 Å². The first-order valence-corrected chi connectivity index (χ1v) is 6.36. The SMILES string of the molecule is CCn1ccnc1CC(O)CCc1cccnc1. The van der Waals surface area contributed by atoms with E-state index in [9.17, 15) is 5.11 Å². The molecule has 0 radical (unpaired) electrons. The molecule has 2 rings (SSSR count). The highest BCUT2D eigenvalue weighted by molar-refractivity contribution is 5.08. The summed E-state index contributed by atoms with van der Waals surface area (Å²) in [5.41, 5.74) is 1.16. The molecule has 0 saturated heterocycles. The minimum absolute atomic E-state index is 0.349. The molecule has 0 spiro atoms. The van der Waals surface area contributed by atoms with Crippen LogP contribution in [0.3, 0.4) is 0 Å². The van der Waals surface area contributed by atoms with E-state index in [4.69, 9.17) is 0 Å². The summed E-state index contributed by atoms with van der Waals surface area (Å²) in [5, 5.41) is 10.0. The number of hydrogen-bond donors (Lipinski definition) is 1. The summed E-state index contributed by atoms with van der Waals surface area (Å²) in [7, 11) is 0. The molecule has 0 fully saturated rings. The molecule has 1 unspecified atom stereocenters. The molecule has 1 atom stereocenters. The fourth-order valence-electron chi connectivity index (χ4n) is 2.01. The van der Waals surface area contributed by atoms with Crippen molar-refractivity contribution < 1.29 is 5.11 Å². The van der Waals surface area contributed by atoms with Crippen LogP contribution in [-0.4, -0.2) is 25.7 Å². The third-order valence-corrected chi connectivity index (χ3v) is 3.05. The fraction of sp³-hybridized carbons (Fsp3) is 0.429. The number of pyridine rings is 1. The van der Waals surface area contributed by atoms with Gasteiger partial charge in [0.1, 0.15) is 5.82 Å². The molecule has 0 aliphatic carbocycles. The van der Waals surface area contributed by atoms with Crippen molar-refractivity contribution in [2.45, 2.75) is 38.8 Å². The lowest BCUT2D eigenvalue weighted by Gasteiger charge is -2.11. The van der Waals surface area contributed by atoms with Crippen molar-refractivity contribution in [3.8, 4) is 0 Å². The first-order valence-electron chi connectivity index (χ1n) is 6.36. The van der Waals surface area contributed by atoms with Crippen LogP contribution in [0, 0.1) is 0 Å². The van der Waals surface area contributed by atoms with Crippen molar-refractivity contribution >= 4 is 0 Å². The Morgan fingerprint density at radius 1 is 1.39 bits per heavy atom. The average Bonchev–Trinajstić information content (AvgIpc) is 2.85. The minimum atomic E-state index is -0.349. The van der Waals surface area contributed by atoms with E-state index in [1.54, 1.807) is 12.4 Å². The zero-order chi connectivity index (χ0) is 12.8. The number of hydrogen-bond acceptors (Lipinski definition) is 3. The van der Waals surface area contributed by atoms with Crippen LogP contribution < -0.4 is 0 Å². The summed E-state index contributed by atoms with van der Waals surface area (Å²) in [6, 6.07) is 3.96. The molecule has 0 aromatic carbocycles. The Balaban J connectivity index is 1.84. The summed E-state index contributed by atoms with van der Waals surface area (Å²) >= 11 is 0. The molecule has 4 nitrogen and oxygen atoms in total. The van der Waals surface area contributed by atoms with E-state index in [1.165, 1.54) is 0 Å². The predicted octanol–water partition coefficient (Wildman–Crippen LogP) is 1.83. The van der Waals surface area contributed by atoms with Crippen LogP contribution in [-0.2, 0) is 19.4 Å². The molecule has 96 valence electrons. The van der Waals surface area contributed by atoms with E-state index in [2.05, 4.69) is 21.5 Å². The second-order valence-corrected chi connectivity index (χ2v) is 4.39. The second-order valence-electron chi connectivity index (χ2n) is 4.39. The monoisotopic (exact) mass is 245 g/mol. The van der Waals surface area contributed by atoms with Crippen molar-refractivity contribution in [1.29, 1.82) is 0 Å². The van der Waals surface area contributed by atoms with Crippen molar-refractivity contribution in [3.63, 3.8) is 0 Å². The minimum Gasteiger partial charge on any atom is -0.393 e. The highest BCUT2D eigenvalue weighted by atomic mass is 16.3. The zero-order valence-electron chi connectivity index (χ0n) is 10.7. The molecule has 2 aromatic heterocycles. The van der Waals surface area contributed by atoms with Crippen molar-refractivity contribution in [2.75, 3.05) is 0 Å². The Hall–Kier alpha value is -1.68. The molecular formula is C14H19N3O. The number of nitrogens with zero attached hydrogens (tertiary/aromatic N) is 3. The maximum absolute atomic E-state index is 10.0. The van der Waals surface area contributed by atoms with Crippen molar-refractivity contribution in [1.82, 2.24) is 14.5 Å². The van der Waals surface area contributed by atoms with Crippen LogP contribution in [0.4, 0.5) is 0 Å². The van der Waals surface area contributed by atoms with E-state index in [-0.39, 0.29) is 6.10 Å². The van der Waals surface area contributed by atoms with Crippen LogP contribution in [0.15, 0.2) is 36.9 Å². The molecule has 2 aromatic rings. The number of rotatable bonds is 6. The van der Waals surface area contributed by atoms with Gasteiger partial charge in [-0.05, 0) is 31.4 Å². The van der Waals surface area contributed by atoms with Crippen LogP contribution in [0.5, 0.6) is 0 Å². The Labute approximate surface area is 107 Å². The maximum Gasteiger partial charge on any atom is 0.111 e. The average molecular weight is 245 g/mol. The lowest BCUT2D eigenvalue weighted by Crippen LogP contribution is -2.15. The third-order valence-electron chi connectivity index (χ3n) is 3.05. The maximum atomic E-state index is 10.0. The number of aromatic nitrogens is 3. The largest absolute Gasteiger partial charge is 0.393 e. The van der Waals surface area contributed by atoms with Gasteiger partial charge < -0.3 is 9.67 Å². The molecule has 18 heavy (non-hydrogen) atoms. The van der Waals surface area contributed by atoms with Gasteiger partial charge in [-0.2, -0.15) is 0 Å². The van der Waals surface area contributed by atoms with Gasteiger partial charge >= 0.3 is 0 Å². The molecule has 0 amide bonds. The standard InChI is InChI=1S/C14H19N3O/c1-2-17-9-8-16-14(17)10-13(18)6-5-12-4-3-7-15-11-12/h3-4,7-9,11,13,18H,2,5-6,10H2,1H3. The van der Waals surface area contributed by atoms with Gasteiger partial charge in [0.2, 0.25) is 0 Å². The Morgan fingerprint density at radius 3 is 3.00 bits per heavy atom. The summed E-state index contributed by atoms with van der Waals surface area (Å²) in [5.74, 6) is 0.955. The first-order chi connectivity index (χ1) is 8.79. The van der Waals surface area contributed by atoms with Crippen LogP contribution in [0.2, 0.25) is 0 Å². The molecular weight excluding hydrogens is 226 g/mol. The molecule has 0 bridgehead atoms. The summed E-state index contributed by atoms with van der Waals surface area (Å²) < 4.78 is 2.06. The zero-order valence-corrected chi connectivity index (χ0v) is 10.7. The topological polar surface area (TPSA) is 50.9 Å². The van der Waals surface area contributed by atoms with Crippen molar-refractivity contribution in [3.05, 3.63) is 48.3 Å². The van der Waals surface area contributed by atoms with Gasteiger partial charge in [-0.25, -0.2) is 4.98 Å². The second kappa shape index (κ2) is 6.31. The van der Waals surface area contributed by atoms with Crippen LogP contribution in [0.25, 0.3) is 0 Å². The summed E-state index contributed by atoms with van der Waals surface area (Å²) in [6.45, 7) is 2.97. The third kappa shape index (κ3) is 3.40. The molecule has 0 saturated carbocycles. The van der Waals surface area contributed by atoms with Gasteiger partial charge in [0.05, 0.1) is 6.10 Å². The summed E-state index contributed by atoms with van der Waals surface area (Å²) in [6.07, 6.45) is 9.19. The Kier molecular flexibility index (Phi) is 4.47. The molecule has 2 heterocycles. The van der Waals surface area contributed by atoms with Crippen molar-refractivity contribution in [2.24, 2.45) is 0 Å². The Morgan fingerprint density at radius 2 is 2.28 bits per heavy atom. The highest BCUT2D eigenvalue weighted by Gasteiger charge is 2.09. The number of aryl methyl sites for hydroxylation is 2. The van der Waals surface area contributed by atoms with E-state index in [0.717, 1.165) is 30.8 Å². The van der Waals surface area contributed by atoms with E-state index >= 15 is 0 Å². The molecule has 0 aliphatic rings. The summed E-state index contributed by atoms with van der Waals surface area (Å²) in [4.78, 5) is 8.34. The smallest absolute Gasteiger partial charge is 0.111 e. The molecule has 4 heteroatoms. The van der Waals surface area contributed by atoms with E-state index in [1.807, 2.05) is 24.5 Å². The van der Waals surface area contributed by atoms with Crippen LogP contribution >= 0.6 is 0 Å². The van der Waals surface area contributed by atoms with Gasteiger partial charge in [-0.15, -0.1) is 0 Å². The normalized spacial score (nSPS) is 12.6. The predicted molar refractivity (Wildman–Crippen MR) is 70.2 cm³/mol. The molecule has 1 N–H and O–H groups in total. The quantitative estimate of drug-likeness (QED) is 0.844.